The first kappa shape index (κ1) is 11.6. The number of nitrogens with two attached hydrogens (primary N) is 1. The van der Waals surface area contributed by atoms with Crippen molar-refractivity contribution >= 4 is 17.3 Å². The number of hydrogen-bond donors (Lipinski definition) is 2. The smallest absolute Gasteiger partial charge is 0.311 e. The maximum Gasteiger partial charge on any atom is 0.311 e. The molecule has 1 aliphatic carbocycles. The molecule has 17 heavy (non-hydrogen) atoms. The molecule has 2 rings (SSSR count). The minimum absolute atomic E-state index is 0.0555. The lowest BCUT2D eigenvalue weighted by Crippen LogP contribution is -2.40. The SMILES string of the molecule is COC1CC(Nc2nc(N)ccc2[N+](=O)[O-])C1. The Labute approximate surface area is 98.1 Å². The number of methoxy groups -OCH3 is 1. The maximum atomic E-state index is 10.8. The number of nitrogen functional groups attached to an aromatic ring is 1. The first-order valence-electron chi connectivity index (χ1n) is 5.30. The van der Waals surface area contributed by atoms with Crippen molar-refractivity contribution in [2.24, 2.45) is 0 Å². The van der Waals surface area contributed by atoms with Crippen molar-refractivity contribution in [3.8, 4) is 0 Å². The first-order valence-corrected chi connectivity index (χ1v) is 5.30. The van der Waals surface area contributed by atoms with E-state index >= 15 is 0 Å². The van der Waals surface area contributed by atoms with Gasteiger partial charge in [-0.3, -0.25) is 10.1 Å². The van der Waals surface area contributed by atoms with Gasteiger partial charge in [-0.05, 0) is 18.9 Å². The average Bonchev–Trinajstić information content (AvgIpc) is 2.22. The summed E-state index contributed by atoms with van der Waals surface area (Å²) < 4.78 is 5.14. The molecule has 7 heteroatoms. The van der Waals surface area contributed by atoms with Gasteiger partial charge in [0.2, 0.25) is 5.82 Å². The Morgan fingerprint density at radius 3 is 2.88 bits per heavy atom. The Hall–Kier alpha value is -1.89. The van der Waals surface area contributed by atoms with Gasteiger partial charge in [0.25, 0.3) is 0 Å². The van der Waals surface area contributed by atoms with Crippen LogP contribution in [0.3, 0.4) is 0 Å². The highest BCUT2D eigenvalue weighted by Crippen LogP contribution is 2.30. The average molecular weight is 238 g/mol. The zero-order chi connectivity index (χ0) is 12.4. The molecular formula is C10H14N4O3. The topological polar surface area (TPSA) is 103 Å². The van der Waals surface area contributed by atoms with Crippen LogP contribution >= 0.6 is 0 Å². The molecule has 0 aromatic carbocycles. The van der Waals surface area contributed by atoms with E-state index in [0.717, 1.165) is 12.8 Å². The zero-order valence-electron chi connectivity index (χ0n) is 9.42. The van der Waals surface area contributed by atoms with Crippen LogP contribution in [0.1, 0.15) is 12.8 Å². The van der Waals surface area contributed by atoms with Crippen LogP contribution in [-0.4, -0.2) is 29.2 Å². The van der Waals surface area contributed by atoms with Crippen molar-refractivity contribution in [2.45, 2.75) is 25.0 Å². The monoisotopic (exact) mass is 238 g/mol. The van der Waals surface area contributed by atoms with Crippen molar-refractivity contribution in [1.82, 2.24) is 4.98 Å². The molecule has 0 saturated heterocycles. The molecule has 92 valence electrons. The molecule has 0 atom stereocenters. The number of pyridine rings is 1. The summed E-state index contributed by atoms with van der Waals surface area (Å²) >= 11 is 0. The van der Waals surface area contributed by atoms with Gasteiger partial charge >= 0.3 is 5.69 Å². The fourth-order valence-corrected chi connectivity index (χ4v) is 1.79. The van der Waals surface area contributed by atoms with Gasteiger partial charge in [-0.25, -0.2) is 4.98 Å². The number of nitro groups is 1. The highest BCUT2D eigenvalue weighted by molar-refractivity contribution is 5.59. The maximum absolute atomic E-state index is 10.8. The Balaban J connectivity index is 2.09. The third kappa shape index (κ3) is 2.44. The Kier molecular flexibility index (Phi) is 3.10. The van der Waals surface area contributed by atoms with Crippen LogP contribution in [0.2, 0.25) is 0 Å². The summed E-state index contributed by atoms with van der Waals surface area (Å²) in [6.07, 6.45) is 1.88. The lowest BCUT2D eigenvalue weighted by Gasteiger charge is -2.34. The van der Waals surface area contributed by atoms with Gasteiger partial charge in [-0.2, -0.15) is 0 Å². The molecule has 0 bridgehead atoms. The van der Waals surface area contributed by atoms with Gasteiger partial charge < -0.3 is 15.8 Å². The fraction of sp³-hybridized carbons (Fsp3) is 0.500. The van der Waals surface area contributed by atoms with E-state index in [2.05, 4.69) is 10.3 Å². The van der Waals surface area contributed by atoms with Crippen molar-refractivity contribution in [1.29, 1.82) is 0 Å². The summed E-state index contributed by atoms with van der Waals surface area (Å²) in [7, 11) is 1.65. The molecular weight excluding hydrogens is 224 g/mol. The molecule has 1 saturated carbocycles. The van der Waals surface area contributed by atoms with Gasteiger partial charge in [-0.15, -0.1) is 0 Å². The van der Waals surface area contributed by atoms with E-state index in [9.17, 15) is 10.1 Å². The number of ether oxygens (including phenoxy) is 1. The van der Waals surface area contributed by atoms with Crippen LogP contribution in [-0.2, 0) is 4.74 Å². The molecule has 0 aliphatic heterocycles. The van der Waals surface area contributed by atoms with E-state index in [1.807, 2.05) is 0 Å². The number of aromatic nitrogens is 1. The zero-order valence-corrected chi connectivity index (χ0v) is 9.42. The minimum atomic E-state index is -0.471. The van der Waals surface area contributed by atoms with E-state index in [1.54, 1.807) is 7.11 Å². The fourth-order valence-electron chi connectivity index (χ4n) is 1.79. The standard InChI is InChI=1S/C10H14N4O3/c1-17-7-4-6(5-7)12-10-8(14(15)16)2-3-9(11)13-10/h2-3,6-7H,4-5H2,1H3,(H3,11,12,13). The molecule has 1 aliphatic rings. The summed E-state index contributed by atoms with van der Waals surface area (Å²) in [6.45, 7) is 0. The molecule has 1 fully saturated rings. The molecule has 1 aromatic rings. The normalized spacial score (nSPS) is 22.9. The summed E-state index contributed by atoms with van der Waals surface area (Å²) in [6, 6.07) is 2.94. The Morgan fingerprint density at radius 2 is 2.29 bits per heavy atom. The van der Waals surface area contributed by atoms with Crippen LogP contribution < -0.4 is 11.1 Å². The molecule has 0 unspecified atom stereocenters. The second-order valence-electron chi connectivity index (χ2n) is 4.03. The molecule has 0 spiro atoms. The minimum Gasteiger partial charge on any atom is -0.384 e. The molecule has 7 nitrogen and oxygen atoms in total. The molecule has 0 radical (unpaired) electrons. The highest BCUT2D eigenvalue weighted by atomic mass is 16.6. The number of anilines is 2. The van der Waals surface area contributed by atoms with Crippen molar-refractivity contribution in [3.05, 3.63) is 22.2 Å². The number of hydrogen-bond acceptors (Lipinski definition) is 6. The van der Waals surface area contributed by atoms with E-state index in [0.29, 0.717) is 0 Å². The Morgan fingerprint density at radius 1 is 1.59 bits per heavy atom. The number of nitrogens with zero attached hydrogens (tertiary/aromatic N) is 2. The third-order valence-electron chi connectivity index (χ3n) is 2.86. The van der Waals surface area contributed by atoms with Crippen molar-refractivity contribution in [3.63, 3.8) is 0 Å². The second kappa shape index (κ2) is 4.54. The Bertz CT molecular complexity index is 432. The summed E-state index contributed by atoms with van der Waals surface area (Å²) in [5.74, 6) is 0.496. The largest absolute Gasteiger partial charge is 0.384 e. The van der Waals surface area contributed by atoms with Gasteiger partial charge in [0.1, 0.15) is 5.82 Å². The van der Waals surface area contributed by atoms with Gasteiger partial charge in [0, 0.05) is 19.2 Å². The predicted molar refractivity (Wildman–Crippen MR) is 62.7 cm³/mol. The lowest BCUT2D eigenvalue weighted by atomic mass is 9.89. The van der Waals surface area contributed by atoms with Crippen LogP contribution in [0.25, 0.3) is 0 Å². The van der Waals surface area contributed by atoms with Gasteiger partial charge in [0.05, 0.1) is 11.0 Å². The van der Waals surface area contributed by atoms with E-state index in [1.165, 1.54) is 12.1 Å². The van der Waals surface area contributed by atoms with Gasteiger partial charge in [-0.1, -0.05) is 0 Å². The molecule has 1 aromatic heterocycles. The molecule has 0 amide bonds. The van der Waals surface area contributed by atoms with Crippen LogP contribution in [0, 0.1) is 10.1 Å². The molecule has 1 heterocycles. The quantitative estimate of drug-likeness (QED) is 0.602. The summed E-state index contributed by atoms with van der Waals surface area (Å²) in [5.41, 5.74) is 5.46. The summed E-state index contributed by atoms with van der Waals surface area (Å²) in [5, 5.41) is 13.8. The first-order chi connectivity index (χ1) is 8.10. The number of nitrogens with one attached hydrogen (secondary N) is 1. The van der Waals surface area contributed by atoms with Crippen molar-refractivity contribution in [2.75, 3.05) is 18.2 Å². The van der Waals surface area contributed by atoms with Crippen LogP contribution in [0.5, 0.6) is 0 Å². The van der Waals surface area contributed by atoms with E-state index < -0.39 is 4.92 Å². The van der Waals surface area contributed by atoms with E-state index in [4.69, 9.17) is 10.5 Å². The second-order valence-corrected chi connectivity index (χ2v) is 4.03. The van der Waals surface area contributed by atoms with Crippen LogP contribution in [0.4, 0.5) is 17.3 Å². The van der Waals surface area contributed by atoms with Crippen molar-refractivity contribution < 1.29 is 9.66 Å². The third-order valence-corrected chi connectivity index (χ3v) is 2.86. The van der Waals surface area contributed by atoms with E-state index in [-0.39, 0.29) is 29.5 Å². The van der Waals surface area contributed by atoms with Gasteiger partial charge in [0.15, 0.2) is 0 Å². The lowest BCUT2D eigenvalue weighted by molar-refractivity contribution is -0.384. The summed E-state index contributed by atoms with van der Waals surface area (Å²) in [4.78, 5) is 14.3. The number of rotatable bonds is 4. The predicted octanol–water partition coefficient (Wildman–Crippen LogP) is 1.16. The highest BCUT2D eigenvalue weighted by Gasteiger charge is 2.31. The van der Waals surface area contributed by atoms with Crippen LogP contribution in [0.15, 0.2) is 12.1 Å². The molecule has 3 N–H and O–H groups in total.